The van der Waals surface area contributed by atoms with Crippen LogP contribution in [0.5, 0.6) is 5.75 Å². The standard InChI is InChI=1S/C29H26FN3O4/c1-37-21-10-11-22-23(13-21)31-26-24(14-34)33(28(36)19-8-5-9-20(30)12-19)17-29(25(22)26)15-32(16-29)27(35)18-6-3-2-4-7-18/h2-13,24,31,34H,14-17H2,1H3/t24-/m0/s1. The summed E-state index contributed by atoms with van der Waals surface area (Å²) in [6.07, 6.45) is 0. The molecule has 0 saturated carbocycles. The molecule has 0 bridgehead atoms. The molecule has 1 saturated heterocycles. The zero-order chi connectivity index (χ0) is 25.7. The average molecular weight is 500 g/mol. The molecule has 2 amide bonds. The first-order valence-electron chi connectivity index (χ1n) is 12.2. The van der Waals surface area contributed by atoms with Crippen molar-refractivity contribution < 1.29 is 23.8 Å². The summed E-state index contributed by atoms with van der Waals surface area (Å²) in [6.45, 7) is 0.814. The Morgan fingerprint density at radius 2 is 1.76 bits per heavy atom. The lowest BCUT2D eigenvalue weighted by Gasteiger charge is -2.56. The minimum atomic E-state index is -0.645. The van der Waals surface area contributed by atoms with Crippen LogP contribution in [0, 0.1) is 5.82 Å². The first kappa shape index (κ1) is 23.2. The van der Waals surface area contributed by atoms with Crippen LogP contribution in [0.4, 0.5) is 4.39 Å². The number of aromatic nitrogens is 1. The number of carbonyl (C=O) groups is 2. The lowest BCUT2D eigenvalue weighted by atomic mass is 9.68. The fraction of sp³-hybridized carbons (Fsp3) is 0.241. The summed E-state index contributed by atoms with van der Waals surface area (Å²) in [4.78, 5) is 33.6. The number of nitrogens with zero attached hydrogens (tertiary/aromatic N) is 2. The molecule has 8 heteroatoms. The molecule has 37 heavy (non-hydrogen) atoms. The predicted octanol–water partition coefficient (Wildman–Crippen LogP) is 3.90. The van der Waals surface area contributed by atoms with E-state index in [0.29, 0.717) is 24.4 Å². The van der Waals surface area contributed by atoms with Gasteiger partial charge in [-0.3, -0.25) is 9.59 Å². The molecule has 0 unspecified atom stereocenters. The van der Waals surface area contributed by atoms with E-state index in [9.17, 15) is 19.1 Å². The monoisotopic (exact) mass is 499 g/mol. The molecule has 6 rings (SSSR count). The van der Waals surface area contributed by atoms with Crippen LogP contribution in [0.3, 0.4) is 0 Å². The molecule has 3 heterocycles. The number of aromatic amines is 1. The highest BCUT2D eigenvalue weighted by molar-refractivity contribution is 5.97. The number of nitrogens with one attached hydrogen (secondary N) is 1. The number of likely N-dealkylation sites (tertiary alicyclic amines) is 1. The Bertz CT molecular complexity index is 1510. The van der Waals surface area contributed by atoms with Crippen LogP contribution < -0.4 is 4.74 Å². The van der Waals surface area contributed by atoms with E-state index in [0.717, 1.165) is 22.2 Å². The van der Waals surface area contributed by atoms with Crippen LogP contribution >= 0.6 is 0 Å². The number of amides is 2. The smallest absolute Gasteiger partial charge is 0.254 e. The summed E-state index contributed by atoms with van der Waals surface area (Å²) in [5.41, 5.74) is 2.85. The van der Waals surface area contributed by atoms with Crippen LogP contribution in [-0.2, 0) is 5.41 Å². The van der Waals surface area contributed by atoms with Gasteiger partial charge in [-0.1, -0.05) is 24.3 Å². The van der Waals surface area contributed by atoms with Crippen LogP contribution in [0.1, 0.15) is 38.0 Å². The Hall–Kier alpha value is -4.17. The molecule has 0 radical (unpaired) electrons. The molecule has 4 aromatic rings. The highest BCUT2D eigenvalue weighted by Gasteiger charge is 2.55. The number of ether oxygens (including phenoxy) is 1. The van der Waals surface area contributed by atoms with Crippen molar-refractivity contribution in [3.63, 3.8) is 0 Å². The van der Waals surface area contributed by atoms with E-state index in [2.05, 4.69) is 4.98 Å². The third-order valence-electron chi connectivity index (χ3n) is 7.55. The first-order chi connectivity index (χ1) is 17.9. The van der Waals surface area contributed by atoms with Crippen LogP contribution in [0.2, 0.25) is 0 Å². The molecule has 1 atom stereocenters. The van der Waals surface area contributed by atoms with E-state index in [1.54, 1.807) is 35.1 Å². The van der Waals surface area contributed by atoms with Crippen LogP contribution in [0.15, 0.2) is 72.8 Å². The van der Waals surface area contributed by atoms with Crippen molar-refractivity contribution in [2.75, 3.05) is 33.4 Å². The van der Waals surface area contributed by atoms with E-state index in [1.165, 1.54) is 18.2 Å². The second kappa shape index (κ2) is 8.74. The van der Waals surface area contributed by atoms with Gasteiger partial charge in [-0.15, -0.1) is 0 Å². The number of benzene rings is 3. The van der Waals surface area contributed by atoms with Gasteiger partial charge in [0.1, 0.15) is 11.6 Å². The Morgan fingerprint density at radius 1 is 1.00 bits per heavy atom. The lowest BCUT2D eigenvalue weighted by molar-refractivity contribution is 0.00304. The molecule has 1 spiro atoms. The maximum absolute atomic E-state index is 14.0. The molecule has 2 aliphatic heterocycles. The Morgan fingerprint density at radius 3 is 2.46 bits per heavy atom. The van der Waals surface area contributed by atoms with E-state index in [1.807, 2.05) is 36.4 Å². The highest BCUT2D eigenvalue weighted by Crippen LogP contribution is 2.49. The quantitative estimate of drug-likeness (QED) is 0.446. The minimum absolute atomic E-state index is 0.0680. The first-order valence-corrected chi connectivity index (χ1v) is 12.2. The number of aliphatic hydroxyl groups excluding tert-OH is 1. The fourth-order valence-electron chi connectivity index (χ4n) is 5.86. The van der Waals surface area contributed by atoms with Gasteiger partial charge in [-0.25, -0.2) is 4.39 Å². The second-order valence-corrected chi connectivity index (χ2v) is 9.77. The predicted molar refractivity (Wildman–Crippen MR) is 136 cm³/mol. The molecule has 7 nitrogen and oxygen atoms in total. The van der Waals surface area contributed by atoms with Crippen LogP contribution in [-0.4, -0.2) is 65.1 Å². The van der Waals surface area contributed by atoms with Gasteiger partial charge in [0.05, 0.1) is 25.2 Å². The zero-order valence-electron chi connectivity index (χ0n) is 20.3. The summed E-state index contributed by atoms with van der Waals surface area (Å²) >= 11 is 0. The summed E-state index contributed by atoms with van der Waals surface area (Å²) < 4.78 is 19.4. The number of hydrogen-bond donors (Lipinski definition) is 2. The van der Waals surface area contributed by atoms with Gasteiger partial charge in [0.2, 0.25) is 0 Å². The number of hydrogen-bond acceptors (Lipinski definition) is 4. The van der Waals surface area contributed by atoms with Crippen molar-refractivity contribution in [1.29, 1.82) is 0 Å². The summed E-state index contributed by atoms with van der Waals surface area (Å²) in [7, 11) is 1.60. The van der Waals surface area contributed by atoms with E-state index < -0.39 is 17.3 Å². The largest absolute Gasteiger partial charge is 0.497 e. The van der Waals surface area contributed by atoms with E-state index >= 15 is 0 Å². The maximum atomic E-state index is 14.0. The molecule has 2 N–H and O–H groups in total. The van der Waals surface area contributed by atoms with Crippen molar-refractivity contribution in [3.8, 4) is 5.75 Å². The Labute approximate surface area is 213 Å². The molecule has 1 fully saturated rings. The number of carbonyl (C=O) groups excluding carboxylic acids is 2. The Balaban J connectivity index is 1.44. The summed E-state index contributed by atoms with van der Waals surface area (Å²) in [6, 6.07) is 19.8. The molecular formula is C29H26FN3O4. The van der Waals surface area contributed by atoms with Crippen molar-refractivity contribution in [2.24, 2.45) is 0 Å². The Kier molecular flexibility index (Phi) is 5.49. The molecular weight excluding hydrogens is 473 g/mol. The summed E-state index contributed by atoms with van der Waals surface area (Å²) in [5.74, 6) is -0.253. The number of fused-ring (bicyclic) bond motifs is 4. The summed E-state index contributed by atoms with van der Waals surface area (Å²) in [5, 5.41) is 11.4. The van der Waals surface area contributed by atoms with E-state index in [-0.39, 0.29) is 30.5 Å². The number of methoxy groups -OCH3 is 1. The normalized spacial score (nSPS) is 18.0. The fourth-order valence-corrected chi connectivity index (χ4v) is 5.86. The minimum Gasteiger partial charge on any atom is -0.497 e. The van der Waals surface area contributed by atoms with Gasteiger partial charge in [0, 0.05) is 53.4 Å². The van der Waals surface area contributed by atoms with Gasteiger partial charge in [-0.05, 0) is 48.0 Å². The third kappa shape index (κ3) is 3.67. The molecule has 188 valence electrons. The van der Waals surface area contributed by atoms with Crippen LogP contribution in [0.25, 0.3) is 10.9 Å². The van der Waals surface area contributed by atoms with Gasteiger partial charge in [-0.2, -0.15) is 0 Å². The van der Waals surface area contributed by atoms with Crippen molar-refractivity contribution in [1.82, 2.24) is 14.8 Å². The number of aliphatic hydroxyl groups is 1. The molecule has 2 aliphatic rings. The van der Waals surface area contributed by atoms with E-state index in [4.69, 9.17) is 4.74 Å². The average Bonchev–Trinajstić information content (AvgIpc) is 3.29. The maximum Gasteiger partial charge on any atom is 0.254 e. The highest BCUT2D eigenvalue weighted by atomic mass is 19.1. The van der Waals surface area contributed by atoms with Gasteiger partial charge >= 0.3 is 0 Å². The number of halogens is 1. The zero-order valence-corrected chi connectivity index (χ0v) is 20.3. The number of H-pyrrole nitrogens is 1. The van der Waals surface area contributed by atoms with Gasteiger partial charge < -0.3 is 24.6 Å². The lowest BCUT2D eigenvalue weighted by Crippen LogP contribution is -2.68. The van der Waals surface area contributed by atoms with Gasteiger partial charge in [0.15, 0.2) is 0 Å². The SMILES string of the molecule is COc1ccc2c3c([nH]c2c1)[C@H](CO)N(C(=O)c1cccc(F)c1)CC31CN(C(=O)c2ccccc2)C1. The van der Waals surface area contributed by atoms with Crippen molar-refractivity contribution >= 4 is 22.7 Å². The topological polar surface area (TPSA) is 85.9 Å². The van der Waals surface area contributed by atoms with Crippen molar-refractivity contribution in [3.05, 3.63) is 101 Å². The van der Waals surface area contributed by atoms with Crippen molar-refractivity contribution in [2.45, 2.75) is 11.5 Å². The molecule has 3 aromatic carbocycles. The second-order valence-electron chi connectivity index (χ2n) is 9.77. The number of rotatable bonds is 4. The van der Waals surface area contributed by atoms with Gasteiger partial charge in [0.25, 0.3) is 11.8 Å². The molecule has 0 aliphatic carbocycles. The third-order valence-corrected chi connectivity index (χ3v) is 7.55. The molecule has 1 aromatic heterocycles.